The third-order valence-corrected chi connectivity index (χ3v) is 7.08. The first-order valence-corrected chi connectivity index (χ1v) is 14.1. The molecule has 2 aromatic carbocycles. The molecular formula is C29H25FN6S. The number of aromatic amines is 2. The van der Waals surface area contributed by atoms with Gasteiger partial charge in [-0.15, -0.1) is 0 Å². The van der Waals surface area contributed by atoms with Crippen LogP contribution in [0.3, 0.4) is 0 Å². The Balaban J connectivity index is 1.44. The molecule has 0 saturated carbocycles. The van der Waals surface area contributed by atoms with Gasteiger partial charge in [0.05, 0.1) is 16.9 Å². The van der Waals surface area contributed by atoms with E-state index in [1.807, 2.05) is 42.7 Å². The molecule has 6 rings (SSSR count). The second-order valence-electron chi connectivity index (χ2n) is 9.32. The minimum absolute atomic E-state index is 0.310. The molecule has 0 aliphatic rings. The topological polar surface area (TPSA) is 82.3 Å². The van der Waals surface area contributed by atoms with E-state index in [1.165, 1.54) is 12.1 Å². The largest absolute Gasteiger partial charge is 0.353 e. The summed E-state index contributed by atoms with van der Waals surface area (Å²) in [5.74, 6) is 7.77. The number of halogens is 1. The van der Waals surface area contributed by atoms with Crippen LogP contribution in [0, 0.1) is 5.82 Å². The highest BCUT2D eigenvalue weighted by Gasteiger charge is 2.16. The number of rotatable bonds is 6. The zero-order chi connectivity index (χ0) is 25.6. The van der Waals surface area contributed by atoms with Gasteiger partial charge in [0.25, 0.3) is 0 Å². The van der Waals surface area contributed by atoms with E-state index < -0.39 is 9.39 Å². The first kappa shape index (κ1) is 23.1. The Morgan fingerprint density at radius 3 is 2.46 bits per heavy atom. The van der Waals surface area contributed by atoms with E-state index in [0.29, 0.717) is 17.8 Å². The molecule has 0 unspecified atom stereocenters. The molecule has 184 valence electrons. The van der Waals surface area contributed by atoms with Crippen LogP contribution in [0.1, 0.15) is 5.56 Å². The number of benzene rings is 2. The third-order valence-electron chi connectivity index (χ3n) is 6.24. The van der Waals surface area contributed by atoms with Gasteiger partial charge >= 0.3 is 0 Å². The average molecular weight is 509 g/mol. The zero-order valence-electron chi connectivity index (χ0n) is 20.3. The van der Waals surface area contributed by atoms with E-state index in [0.717, 1.165) is 49.9 Å². The Labute approximate surface area is 214 Å². The van der Waals surface area contributed by atoms with Crippen molar-refractivity contribution in [2.75, 3.05) is 6.26 Å². The summed E-state index contributed by atoms with van der Waals surface area (Å²) in [6.45, 7) is 0.483. The predicted octanol–water partition coefficient (Wildman–Crippen LogP) is 6.28. The maximum Gasteiger partial charge on any atom is 0.124 e. The lowest BCUT2D eigenvalue weighted by atomic mass is 10.0. The van der Waals surface area contributed by atoms with Crippen molar-refractivity contribution in [1.29, 1.82) is 0 Å². The highest BCUT2D eigenvalue weighted by atomic mass is 32.2. The normalized spacial score (nSPS) is 11.9. The number of hydrogen-bond donors (Lipinski definition) is 3. The summed E-state index contributed by atoms with van der Waals surface area (Å²) in [6.07, 6.45) is 7.26. The van der Waals surface area contributed by atoms with Crippen molar-refractivity contribution in [3.8, 4) is 33.8 Å². The van der Waals surface area contributed by atoms with Crippen LogP contribution in [0.15, 0.2) is 79.3 Å². The van der Waals surface area contributed by atoms with Crippen molar-refractivity contribution >= 4 is 42.9 Å². The van der Waals surface area contributed by atoms with Crippen LogP contribution in [0.25, 0.3) is 55.6 Å². The molecule has 3 N–H and O–H groups in total. The molecule has 0 aliphatic carbocycles. The summed E-state index contributed by atoms with van der Waals surface area (Å²) >= 11 is 0. The number of fused-ring (bicyclic) bond motifs is 2. The van der Waals surface area contributed by atoms with Gasteiger partial charge < -0.3 is 4.98 Å². The number of pyridine rings is 2. The molecule has 0 spiro atoms. The SMILES string of the molecule is C=S(=C)(C)NCc1cc(F)cc(-c2nccc3[nH]c(-c4n[nH]c5ccc(-c6ccncc6)cc45)cc23)c1. The number of nitrogens with one attached hydrogen (secondary N) is 3. The van der Waals surface area contributed by atoms with Crippen molar-refractivity contribution in [2.45, 2.75) is 6.54 Å². The zero-order valence-corrected chi connectivity index (χ0v) is 21.1. The lowest BCUT2D eigenvalue weighted by Gasteiger charge is -2.12. The molecule has 0 saturated heterocycles. The number of H-pyrrole nitrogens is 2. The summed E-state index contributed by atoms with van der Waals surface area (Å²) in [6, 6.07) is 19.1. The summed E-state index contributed by atoms with van der Waals surface area (Å²) in [5.41, 5.74) is 7.91. The third kappa shape index (κ3) is 4.64. The molecule has 0 amide bonds. The maximum absolute atomic E-state index is 14.6. The van der Waals surface area contributed by atoms with Crippen molar-refractivity contribution < 1.29 is 4.39 Å². The highest BCUT2D eigenvalue weighted by Crippen LogP contribution is 2.35. The van der Waals surface area contributed by atoms with Gasteiger partial charge in [0.15, 0.2) is 0 Å². The van der Waals surface area contributed by atoms with Gasteiger partial charge in [-0.25, -0.2) is 4.39 Å². The van der Waals surface area contributed by atoms with Crippen LogP contribution in [0.4, 0.5) is 4.39 Å². The molecular weight excluding hydrogens is 483 g/mol. The molecule has 0 aliphatic heterocycles. The van der Waals surface area contributed by atoms with E-state index in [2.05, 4.69) is 53.7 Å². The summed E-state index contributed by atoms with van der Waals surface area (Å²) < 4.78 is 17.9. The first-order chi connectivity index (χ1) is 17.8. The van der Waals surface area contributed by atoms with E-state index in [9.17, 15) is 4.39 Å². The van der Waals surface area contributed by atoms with Gasteiger partial charge in [-0.05, 0) is 77.5 Å². The highest BCUT2D eigenvalue weighted by molar-refractivity contribution is 8.25. The van der Waals surface area contributed by atoms with Crippen LogP contribution in [-0.4, -0.2) is 43.1 Å². The Hall–Kier alpha value is -4.27. The Morgan fingerprint density at radius 1 is 0.838 bits per heavy atom. The molecule has 4 heterocycles. The molecule has 0 atom stereocenters. The van der Waals surface area contributed by atoms with Crippen LogP contribution < -0.4 is 4.72 Å². The summed E-state index contributed by atoms with van der Waals surface area (Å²) in [5, 5.41) is 9.64. The van der Waals surface area contributed by atoms with Crippen LogP contribution in [-0.2, 0) is 6.54 Å². The monoisotopic (exact) mass is 508 g/mol. The van der Waals surface area contributed by atoms with Gasteiger partial charge in [-0.1, -0.05) is 17.8 Å². The second-order valence-corrected chi connectivity index (χ2v) is 12.2. The summed E-state index contributed by atoms with van der Waals surface area (Å²) in [7, 11) is -1.41. The van der Waals surface area contributed by atoms with E-state index in [1.54, 1.807) is 18.6 Å². The van der Waals surface area contributed by atoms with E-state index in [-0.39, 0.29) is 5.82 Å². The Morgan fingerprint density at radius 2 is 1.65 bits per heavy atom. The smallest absolute Gasteiger partial charge is 0.124 e. The van der Waals surface area contributed by atoms with E-state index >= 15 is 0 Å². The minimum Gasteiger partial charge on any atom is -0.353 e. The molecule has 37 heavy (non-hydrogen) atoms. The number of nitrogens with zero attached hydrogens (tertiary/aromatic N) is 3. The average Bonchev–Trinajstić information content (AvgIpc) is 3.51. The standard InChI is InChI=1S/C29H25FN6S/c1-37(2,3)33-17-18-12-21(14-22(30)13-18)28-24-16-27(34-25(24)8-11-32-28)29-23-15-20(4-5-26(23)35-36-29)19-6-9-31-10-7-19/h4-16,33-34H,1-2,17H2,3H3,(H,35,36). The summed E-state index contributed by atoms with van der Waals surface area (Å²) in [4.78, 5) is 12.2. The maximum atomic E-state index is 14.6. The quantitative estimate of drug-likeness (QED) is 0.231. The van der Waals surface area contributed by atoms with Crippen molar-refractivity contribution in [3.05, 3.63) is 90.6 Å². The fraction of sp³-hybridized carbons (Fsp3) is 0.0690. The molecule has 6 aromatic rings. The molecule has 0 bridgehead atoms. The lowest BCUT2D eigenvalue weighted by molar-refractivity contribution is 0.625. The van der Waals surface area contributed by atoms with Gasteiger partial charge in [0, 0.05) is 47.0 Å². The second kappa shape index (κ2) is 8.99. The molecule has 0 radical (unpaired) electrons. The van der Waals surface area contributed by atoms with Crippen LogP contribution >= 0.6 is 9.39 Å². The predicted molar refractivity (Wildman–Crippen MR) is 154 cm³/mol. The van der Waals surface area contributed by atoms with Crippen molar-refractivity contribution in [1.82, 2.24) is 29.9 Å². The fourth-order valence-corrected chi connectivity index (χ4v) is 5.02. The Bertz CT molecular complexity index is 1870. The lowest BCUT2D eigenvalue weighted by Crippen LogP contribution is -2.08. The molecule has 4 aromatic heterocycles. The van der Waals surface area contributed by atoms with Gasteiger partial charge in [-0.2, -0.15) is 14.5 Å². The van der Waals surface area contributed by atoms with Gasteiger partial charge in [0.1, 0.15) is 11.5 Å². The molecule has 0 fully saturated rings. The van der Waals surface area contributed by atoms with Gasteiger partial charge in [-0.3, -0.25) is 19.8 Å². The Kier molecular flexibility index (Phi) is 5.62. The van der Waals surface area contributed by atoms with Crippen LogP contribution in [0.2, 0.25) is 0 Å². The number of hydrogen-bond acceptors (Lipinski definition) is 4. The minimum atomic E-state index is -1.41. The van der Waals surface area contributed by atoms with Gasteiger partial charge in [0.2, 0.25) is 0 Å². The molecule has 8 heteroatoms. The first-order valence-electron chi connectivity index (χ1n) is 11.7. The van der Waals surface area contributed by atoms with Crippen molar-refractivity contribution in [2.24, 2.45) is 0 Å². The fourth-order valence-electron chi connectivity index (χ4n) is 4.50. The van der Waals surface area contributed by atoms with Crippen molar-refractivity contribution in [3.63, 3.8) is 0 Å². The number of aromatic nitrogens is 5. The molecule has 6 nitrogen and oxygen atoms in total. The van der Waals surface area contributed by atoms with Crippen LogP contribution in [0.5, 0.6) is 0 Å². The van der Waals surface area contributed by atoms with E-state index in [4.69, 9.17) is 0 Å².